The maximum Gasteiger partial charge on any atom is 0.264 e. The van der Waals surface area contributed by atoms with Crippen LogP contribution >= 0.6 is 11.8 Å². The monoisotopic (exact) mass is 284 g/mol. The van der Waals surface area contributed by atoms with Crippen molar-refractivity contribution in [2.45, 2.75) is 6.92 Å². The Kier molecular flexibility index (Phi) is 3.43. The molecular formula is C15H12N2O2S. The van der Waals surface area contributed by atoms with Gasteiger partial charge in [-0.1, -0.05) is 18.2 Å². The first-order valence-corrected chi connectivity index (χ1v) is 6.93. The summed E-state index contributed by atoms with van der Waals surface area (Å²) in [6.07, 6.45) is 3.28. The number of aliphatic imine (C=N–C) groups is 1. The first-order valence-electron chi connectivity index (χ1n) is 6.11. The summed E-state index contributed by atoms with van der Waals surface area (Å²) in [7, 11) is 0. The Bertz CT molecular complexity index is 702. The van der Waals surface area contributed by atoms with Crippen molar-refractivity contribution in [3.8, 4) is 0 Å². The van der Waals surface area contributed by atoms with Gasteiger partial charge in [-0.25, -0.2) is 4.99 Å². The molecule has 5 heteroatoms. The van der Waals surface area contributed by atoms with Crippen LogP contribution in [-0.2, 0) is 4.79 Å². The number of amides is 1. The van der Waals surface area contributed by atoms with Crippen molar-refractivity contribution in [1.82, 2.24) is 5.32 Å². The number of hydrogen-bond donors (Lipinski definition) is 1. The lowest BCUT2D eigenvalue weighted by molar-refractivity contribution is -0.115. The SMILES string of the molecule is Cc1ccccc1N=C1NC(=O)/C(=C/c2ccco2)S1. The Morgan fingerprint density at radius 2 is 2.10 bits per heavy atom. The summed E-state index contributed by atoms with van der Waals surface area (Å²) in [6.45, 7) is 1.99. The molecule has 0 spiro atoms. The van der Waals surface area contributed by atoms with Crippen molar-refractivity contribution in [2.24, 2.45) is 4.99 Å². The van der Waals surface area contributed by atoms with Gasteiger partial charge in [0.1, 0.15) is 5.76 Å². The van der Waals surface area contributed by atoms with E-state index in [9.17, 15) is 4.79 Å². The molecule has 1 aliphatic rings. The molecule has 1 aromatic carbocycles. The highest BCUT2D eigenvalue weighted by Gasteiger charge is 2.24. The van der Waals surface area contributed by atoms with Crippen LogP contribution in [0.5, 0.6) is 0 Å². The molecule has 1 fully saturated rings. The normalized spacial score (nSPS) is 18.8. The van der Waals surface area contributed by atoms with E-state index in [1.807, 2.05) is 31.2 Å². The van der Waals surface area contributed by atoms with Gasteiger partial charge in [-0.05, 0) is 42.4 Å². The molecule has 0 bridgehead atoms. The Hall–Kier alpha value is -2.27. The van der Waals surface area contributed by atoms with Crippen molar-refractivity contribution < 1.29 is 9.21 Å². The van der Waals surface area contributed by atoms with Gasteiger partial charge in [-0.2, -0.15) is 0 Å². The number of nitrogens with one attached hydrogen (secondary N) is 1. The average molecular weight is 284 g/mol. The van der Waals surface area contributed by atoms with Gasteiger partial charge in [0.25, 0.3) is 5.91 Å². The number of amidine groups is 1. The summed E-state index contributed by atoms with van der Waals surface area (Å²) in [5.74, 6) is 0.499. The Morgan fingerprint density at radius 1 is 1.25 bits per heavy atom. The molecule has 1 aromatic heterocycles. The Labute approximate surface area is 120 Å². The first-order chi connectivity index (χ1) is 9.72. The van der Waals surface area contributed by atoms with Crippen molar-refractivity contribution >= 4 is 34.6 Å². The summed E-state index contributed by atoms with van der Waals surface area (Å²) in [4.78, 5) is 16.9. The smallest absolute Gasteiger partial charge is 0.264 e. The van der Waals surface area contributed by atoms with Crippen LogP contribution in [0.1, 0.15) is 11.3 Å². The fourth-order valence-corrected chi connectivity index (χ4v) is 2.60. The second-order valence-electron chi connectivity index (χ2n) is 4.28. The molecule has 4 nitrogen and oxygen atoms in total. The number of rotatable bonds is 2. The molecule has 2 heterocycles. The van der Waals surface area contributed by atoms with Gasteiger partial charge < -0.3 is 9.73 Å². The number of thioether (sulfide) groups is 1. The van der Waals surface area contributed by atoms with E-state index >= 15 is 0 Å². The van der Waals surface area contributed by atoms with E-state index in [2.05, 4.69) is 10.3 Å². The minimum absolute atomic E-state index is 0.154. The summed E-state index contributed by atoms with van der Waals surface area (Å²) in [5.41, 5.74) is 1.92. The maximum absolute atomic E-state index is 11.9. The maximum atomic E-state index is 11.9. The van der Waals surface area contributed by atoms with E-state index in [1.54, 1.807) is 24.5 Å². The third-order valence-electron chi connectivity index (χ3n) is 2.80. The molecule has 0 atom stereocenters. The van der Waals surface area contributed by atoms with Crippen molar-refractivity contribution in [2.75, 3.05) is 0 Å². The number of aryl methyl sites for hydroxylation is 1. The van der Waals surface area contributed by atoms with E-state index in [0.717, 1.165) is 11.3 Å². The van der Waals surface area contributed by atoms with Crippen molar-refractivity contribution in [3.05, 3.63) is 58.9 Å². The first kappa shape index (κ1) is 12.7. The number of furan rings is 1. The van der Waals surface area contributed by atoms with Crippen LogP contribution < -0.4 is 5.32 Å². The van der Waals surface area contributed by atoms with Gasteiger partial charge in [-0.15, -0.1) is 0 Å². The van der Waals surface area contributed by atoms with Gasteiger partial charge in [-0.3, -0.25) is 4.79 Å². The summed E-state index contributed by atoms with van der Waals surface area (Å²) >= 11 is 1.31. The second-order valence-corrected chi connectivity index (χ2v) is 5.31. The fraction of sp³-hybridized carbons (Fsp3) is 0.0667. The van der Waals surface area contributed by atoms with E-state index in [0.29, 0.717) is 15.8 Å². The topological polar surface area (TPSA) is 54.6 Å². The molecule has 1 saturated heterocycles. The molecule has 20 heavy (non-hydrogen) atoms. The van der Waals surface area contributed by atoms with Gasteiger partial charge in [0, 0.05) is 6.08 Å². The van der Waals surface area contributed by atoms with Crippen LogP contribution in [0.3, 0.4) is 0 Å². The molecule has 0 aliphatic carbocycles. The van der Waals surface area contributed by atoms with Crippen molar-refractivity contribution in [1.29, 1.82) is 0 Å². The molecule has 100 valence electrons. The highest BCUT2D eigenvalue weighted by atomic mass is 32.2. The number of benzene rings is 1. The quantitative estimate of drug-likeness (QED) is 0.859. The van der Waals surface area contributed by atoms with E-state index in [1.165, 1.54) is 11.8 Å². The van der Waals surface area contributed by atoms with Gasteiger partial charge in [0.2, 0.25) is 0 Å². The molecular weight excluding hydrogens is 272 g/mol. The Balaban J connectivity index is 1.85. The predicted octanol–water partition coefficient (Wildman–Crippen LogP) is 3.48. The van der Waals surface area contributed by atoms with E-state index in [4.69, 9.17) is 4.42 Å². The van der Waals surface area contributed by atoms with Gasteiger partial charge >= 0.3 is 0 Å². The lowest BCUT2D eigenvalue weighted by atomic mass is 10.2. The number of para-hydroxylation sites is 1. The van der Waals surface area contributed by atoms with Crippen LogP contribution in [0.4, 0.5) is 5.69 Å². The third-order valence-corrected chi connectivity index (χ3v) is 3.71. The molecule has 1 N–H and O–H groups in total. The van der Waals surface area contributed by atoms with E-state index < -0.39 is 0 Å². The number of hydrogen-bond acceptors (Lipinski definition) is 4. The van der Waals surface area contributed by atoms with Crippen LogP contribution in [0.25, 0.3) is 6.08 Å². The highest BCUT2D eigenvalue weighted by Crippen LogP contribution is 2.28. The molecule has 1 amide bonds. The van der Waals surface area contributed by atoms with Crippen LogP contribution in [-0.4, -0.2) is 11.1 Å². The van der Waals surface area contributed by atoms with Crippen LogP contribution in [0.2, 0.25) is 0 Å². The highest BCUT2D eigenvalue weighted by molar-refractivity contribution is 8.18. The second kappa shape index (κ2) is 5.38. The largest absolute Gasteiger partial charge is 0.465 e. The number of carbonyl (C=O) groups excluding carboxylic acids is 1. The van der Waals surface area contributed by atoms with Crippen LogP contribution in [0, 0.1) is 6.92 Å². The average Bonchev–Trinajstić information content (AvgIpc) is 3.04. The molecule has 0 radical (unpaired) electrons. The molecule has 1 aliphatic heterocycles. The zero-order valence-corrected chi connectivity index (χ0v) is 11.6. The van der Waals surface area contributed by atoms with Gasteiger partial charge in [0.05, 0.1) is 16.9 Å². The van der Waals surface area contributed by atoms with Crippen molar-refractivity contribution in [3.63, 3.8) is 0 Å². The molecule has 0 saturated carbocycles. The Morgan fingerprint density at radius 3 is 2.85 bits per heavy atom. The lowest BCUT2D eigenvalue weighted by Gasteiger charge is -1.99. The summed E-state index contributed by atoms with van der Waals surface area (Å²) in [6, 6.07) is 11.4. The number of nitrogens with zero attached hydrogens (tertiary/aromatic N) is 1. The predicted molar refractivity (Wildman–Crippen MR) is 80.7 cm³/mol. The van der Waals surface area contributed by atoms with Crippen LogP contribution in [0.15, 0.2) is 57.0 Å². The molecule has 3 rings (SSSR count). The third kappa shape index (κ3) is 2.67. The molecule has 2 aromatic rings. The minimum atomic E-state index is -0.154. The minimum Gasteiger partial charge on any atom is -0.465 e. The fourth-order valence-electron chi connectivity index (χ4n) is 1.78. The molecule has 0 unspecified atom stereocenters. The van der Waals surface area contributed by atoms with E-state index in [-0.39, 0.29) is 5.91 Å². The summed E-state index contributed by atoms with van der Waals surface area (Å²) in [5, 5.41) is 3.34. The zero-order chi connectivity index (χ0) is 13.9. The zero-order valence-electron chi connectivity index (χ0n) is 10.8. The van der Waals surface area contributed by atoms with Gasteiger partial charge in [0.15, 0.2) is 5.17 Å². The number of carbonyl (C=O) groups is 1. The summed E-state index contributed by atoms with van der Waals surface area (Å²) < 4.78 is 5.21. The lowest BCUT2D eigenvalue weighted by Crippen LogP contribution is -2.19. The standard InChI is InChI=1S/C15H12N2O2S/c1-10-5-2-3-7-12(10)16-15-17-14(18)13(20-15)9-11-6-4-8-19-11/h2-9H,1H3,(H,16,17,18)/b13-9-.